The molecule has 0 spiro atoms. The van der Waals surface area contributed by atoms with Crippen molar-refractivity contribution >= 4 is 34.8 Å². The van der Waals surface area contributed by atoms with Crippen molar-refractivity contribution in [3.63, 3.8) is 0 Å². The highest BCUT2D eigenvalue weighted by Gasteiger charge is 2.10. The number of nitrogens with one attached hydrogen (secondary N) is 2. The van der Waals surface area contributed by atoms with Crippen LogP contribution in [0, 0.1) is 0 Å². The van der Waals surface area contributed by atoms with Gasteiger partial charge in [0, 0.05) is 0 Å². The Morgan fingerprint density at radius 2 is 1.64 bits per heavy atom. The minimum atomic E-state index is -0.568. The molecule has 0 aliphatic heterocycles. The maximum atomic E-state index is 11.9. The standard InChI is InChI=1S/C16H15N3O2S/c17-15(21)12-8-4-5-9-13(12)18-16(22)19-14(20)10-11-6-2-1-3-7-11/h1-9H,10H2,(H2,17,21)(H2,18,19,20,22). The Hall–Kier alpha value is -2.73. The van der Waals surface area contributed by atoms with Crippen LogP contribution in [0.1, 0.15) is 15.9 Å². The first-order chi connectivity index (χ1) is 10.6. The topological polar surface area (TPSA) is 84.2 Å². The minimum Gasteiger partial charge on any atom is -0.366 e. The van der Waals surface area contributed by atoms with Gasteiger partial charge < -0.3 is 16.4 Å². The van der Waals surface area contributed by atoms with Crippen LogP contribution in [0.2, 0.25) is 0 Å². The fourth-order valence-electron chi connectivity index (χ4n) is 1.91. The molecule has 6 heteroatoms. The van der Waals surface area contributed by atoms with E-state index in [-0.39, 0.29) is 17.4 Å². The monoisotopic (exact) mass is 313 g/mol. The SMILES string of the molecule is NC(=O)c1ccccc1NC(=S)NC(=O)Cc1ccccc1. The zero-order valence-corrected chi connectivity index (χ0v) is 12.5. The fourth-order valence-corrected chi connectivity index (χ4v) is 2.14. The highest BCUT2D eigenvalue weighted by molar-refractivity contribution is 7.80. The van der Waals surface area contributed by atoms with E-state index in [1.807, 2.05) is 30.3 Å². The van der Waals surface area contributed by atoms with Crippen LogP contribution in [0.3, 0.4) is 0 Å². The Bertz CT molecular complexity index is 702. The predicted molar refractivity (Wildman–Crippen MR) is 89.5 cm³/mol. The van der Waals surface area contributed by atoms with Crippen molar-refractivity contribution in [3.05, 3.63) is 65.7 Å². The van der Waals surface area contributed by atoms with Gasteiger partial charge in [0.2, 0.25) is 5.91 Å². The maximum Gasteiger partial charge on any atom is 0.250 e. The van der Waals surface area contributed by atoms with Gasteiger partial charge in [-0.3, -0.25) is 9.59 Å². The molecule has 2 amide bonds. The molecule has 0 bridgehead atoms. The molecular formula is C16H15N3O2S. The molecule has 5 nitrogen and oxygen atoms in total. The van der Waals surface area contributed by atoms with Crippen molar-refractivity contribution in [2.45, 2.75) is 6.42 Å². The summed E-state index contributed by atoms with van der Waals surface area (Å²) in [6.07, 6.45) is 0.222. The molecule has 2 rings (SSSR count). The van der Waals surface area contributed by atoms with Gasteiger partial charge in [-0.25, -0.2) is 0 Å². The lowest BCUT2D eigenvalue weighted by Crippen LogP contribution is -2.35. The van der Waals surface area contributed by atoms with Crippen LogP contribution in [0.5, 0.6) is 0 Å². The van der Waals surface area contributed by atoms with Crippen molar-refractivity contribution < 1.29 is 9.59 Å². The molecule has 0 unspecified atom stereocenters. The molecule has 0 radical (unpaired) electrons. The van der Waals surface area contributed by atoms with Gasteiger partial charge in [-0.15, -0.1) is 0 Å². The third-order valence-corrected chi connectivity index (χ3v) is 3.11. The number of carbonyl (C=O) groups excluding carboxylic acids is 2. The lowest BCUT2D eigenvalue weighted by Gasteiger charge is -2.11. The first kappa shape index (κ1) is 15.7. The van der Waals surface area contributed by atoms with E-state index in [1.54, 1.807) is 24.3 Å². The lowest BCUT2D eigenvalue weighted by atomic mass is 10.1. The van der Waals surface area contributed by atoms with Crippen LogP contribution in [-0.2, 0) is 11.2 Å². The van der Waals surface area contributed by atoms with Crippen LogP contribution in [0.25, 0.3) is 0 Å². The van der Waals surface area contributed by atoms with Crippen LogP contribution < -0.4 is 16.4 Å². The molecule has 0 aromatic heterocycles. The molecule has 0 saturated heterocycles. The minimum absolute atomic E-state index is 0.120. The molecule has 4 N–H and O–H groups in total. The second-order valence-electron chi connectivity index (χ2n) is 4.57. The van der Waals surface area contributed by atoms with Crippen LogP contribution in [0.4, 0.5) is 5.69 Å². The van der Waals surface area contributed by atoms with Crippen LogP contribution >= 0.6 is 12.2 Å². The third-order valence-electron chi connectivity index (χ3n) is 2.90. The second-order valence-corrected chi connectivity index (χ2v) is 4.98. The molecule has 0 fully saturated rings. The molecule has 0 saturated carbocycles. The summed E-state index contributed by atoms with van der Waals surface area (Å²) in [4.78, 5) is 23.2. The summed E-state index contributed by atoms with van der Waals surface area (Å²) < 4.78 is 0. The van der Waals surface area contributed by atoms with Gasteiger partial charge in [-0.05, 0) is 29.9 Å². The molecule has 22 heavy (non-hydrogen) atoms. The smallest absolute Gasteiger partial charge is 0.250 e. The van der Waals surface area contributed by atoms with Gasteiger partial charge in [0.1, 0.15) is 0 Å². The number of primary amides is 1. The van der Waals surface area contributed by atoms with Gasteiger partial charge in [0.15, 0.2) is 5.11 Å². The Morgan fingerprint density at radius 3 is 2.32 bits per heavy atom. The molecule has 0 aliphatic rings. The number of benzene rings is 2. The number of hydrogen-bond donors (Lipinski definition) is 3. The number of para-hydroxylation sites is 1. The second kappa shape index (κ2) is 7.33. The van der Waals surface area contributed by atoms with E-state index < -0.39 is 5.91 Å². The van der Waals surface area contributed by atoms with Gasteiger partial charge >= 0.3 is 0 Å². The zero-order chi connectivity index (χ0) is 15.9. The van der Waals surface area contributed by atoms with Crippen molar-refractivity contribution in [1.29, 1.82) is 0 Å². The van der Waals surface area contributed by atoms with E-state index in [9.17, 15) is 9.59 Å². The average molecular weight is 313 g/mol. The average Bonchev–Trinajstić information content (AvgIpc) is 2.48. The molecule has 2 aromatic carbocycles. The number of carbonyl (C=O) groups is 2. The summed E-state index contributed by atoms with van der Waals surface area (Å²) >= 11 is 5.08. The number of thiocarbonyl (C=S) groups is 1. The zero-order valence-electron chi connectivity index (χ0n) is 11.7. The molecule has 0 aliphatic carbocycles. The van der Waals surface area contributed by atoms with Crippen LogP contribution in [-0.4, -0.2) is 16.9 Å². The molecule has 2 aromatic rings. The summed E-state index contributed by atoms with van der Waals surface area (Å²) in [6, 6.07) is 16.0. The van der Waals surface area contributed by atoms with E-state index in [0.717, 1.165) is 5.56 Å². The largest absolute Gasteiger partial charge is 0.366 e. The summed E-state index contributed by atoms with van der Waals surface area (Å²) in [7, 11) is 0. The normalized spacial score (nSPS) is 9.82. The summed E-state index contributed by atoms with van der Waals surface area (Å²) in [5.74, 6) is -0.804. The van der Waals surface area contributed by atoms with Crippen LogP contribution in [0.15, 0.2) is 54.6 Å². The maximum absolute atomic E-state index is 11.9. The molecule has 112 valence electrons. The molecular weight excluding hydrogens is 298 g/mol. The van der Waals surface area contributed by atoms with E-state index in [0.29, 0.717) is 11.3 Å². The highest BCUT2D eigenvalue weighted by Crippen LogP contribution is 2.13. The van der Waals surface area contributed by atoms with E-state index >= 15 is 0 Å². The number of hydrogen-bond acceptors (Lipinski definition) is 3. The number of rotatable bonds is 4. The summed E-state index contributed by atoms with van der Waals surface area (Å²) in [5.41, 5.74) is 6.94. The Kier molecular flexibility index (Phi) is 5.21. The van der Waals surface area contributed by atoms with Crippen molar-refractivity contribution in [2.75, 3.05) is 5.32 Å². The van der Waals surface area contributed by atoms with Gasteiger partial charge in [-0.2, -0.15) is 0 Å². The lowest BCUT2D eigenvalue weighted by molar-refractivity contribution is -0.119. The Morgan fingerprint density at radius 1 is 1.00 bits per heavy atom. The van der Waals surface area contributed by atoms with Crippen molar-refractivity contribution in [3.8, 4) is 0 Å². The first-order valence-electron chi connectivity index (χ1n) is 6.60. The van der Waals surface area contributed by atoms with Gasteiger partial charge in [0.25, 0.3) is 5.91 Å². The van der Waals surface area contributed by atoms with Crippen molar-refractivity contribution in [1.82, 2.24) is 5.32 Å². The summed E-state index contributed by atoms with van der Waals surface area (Å²) in [6.45, 7) is 0. The first-order valence-corrected chi connectivity index (χ1v) is 7.00. The quantitative estimate of drug-likeness (QED) is 0.752. The van der Waals surface area contributed by atoms with E-state index in [1.165, 1.54) is 0 Å². The number of nitrogens with two attached hydrogens (primary N) is 1. The van der Waals surface area contributed by atoms with Gasteiger partial charge in [0.05, 0.1) is 17.7 Å². The fraction of sp³-hybridized carbons (Fsp3) is 0.0625. The van der Waals surface area contributed by atoms with E-state index in [2.05, 4.69) is 10.6 Å². The Balaban J connectivity index is 1.96. The summed E-state index contributed by atoms with van der Waals surface area (Å²) in [5, 5.41) is 5.50. The molecule has 0 heterocycles. The Labute approximate surface area is 133 Å². The number of anilines is 1. The third kappa shape index (κ3) is 4.39. The molecule has 0 atom stereocenters. The van der Waals surface area contributed by atoms with Gasteiger partial charge in [-0.1, -0.05) is 42.5 Å². The van der Waals surface area contributed by atoms with Crippen molar-refractivity contribution in [2.24, 2.45) is 5.73 Å². The predicted octanol–water partition coefficient (Wildman–Crippen LogP) is 1.84. The van der Waals surface area contributed by atoms with E-state index in [4.69, 9.17) is 18.0 Å². The number of amides is 2. The highest BCUT2D eigenvalue weighted by atomic mass is 32.1.